The van der Waals surface area contributed by atoms with E-state index in [0.717, 1.165) is 18.9 Å². The maximum Gasteiger partial charge on any atom is 0.336 e. The summed E-state index contributed by atoms with van der Waals surface area (Å²) in [6.07, 6.45) is 4.47. The van der Waals surface area contributed by atoms with Crippen LogP contribution in [0.4, 0.5) is 8.78 Å². The van der Waals surface area contributed by atoms with Crippen LogP contribution in [0.15, 0.2) is 60.7 Å². The van der Waals surface area contributed by atoms with Gasteiger partial charge in [0.1, 0.15) is 17.4 Å². The second-order valence-corrected chi connectivity index (χ2v) is 7.12. The highest BCUT2D eigenvalue weighted by Gasteiger charge is 2.15. The molecule has 1 N–H and O–H groups in total. The van der Waals surface area contributed by atoms with Gasteiger partial charge in [-0.3, -0.25) is 0 Å². The summed E-state index contributed by atoms with van der Waals surface area (Å²) in [4.78, 5) is 11.7. The quantitative estimate of drug-likeness (QED) is 0.388. The van der Waals surface area contributed by atoms with Crippen LogP contribution in [-0.4, -0.2) is 17.7 Å². The largest absolute Gasteiger partial charge is 0.494 e. The lowest BCUT2D eigenvalue weighted by Crippen LogP contribution is -2.01. The predicted octanol–water partition coefficient (Wildman–Crippen LogP) is 6.96. The van der Waals surface area contributed by atoms with Crippen LogP contribution in [-0.2, 0) is 0 Å². The standard InChI is InChI=1S/C25H24F2O3/c1-2-3-4-5-14-30-20-10-6-17(7-11-20)23-15-18(8-12-22(23)25(28)29)21-13-9-19(26)16-24(21)27/h6-13,15-16H,2-5,14H2,1H3,(H,28,29). The van der Waals surface area contributed by atoms with Gasteiger partial charge in [0.2, 0.25) is 0 Å². The zero-order valence-corrected chi connectivity index (χ0v) is 16.8. The number of aromatic carboxylic acids is 1. The second-order valence-electron chi connectivity index (χ2n) is 7.12. The van der Waals surface area contributed by atoms with E-state index in [1.807, 2.05) is 0 Å². The van der Waals surface area contributed by atoms with E-state index < -0.39 is 17.6 Å². The fourth-order valence-corrected chi connectivity index (χ4v) is 3.31. The lowest BCUT2D eigenvalue weighted by molar-refractivity contribution is 0.0697. The Kier molecular flexibility index (Phi) is 7.17. The number of hydrogen-bond donors (Lipinski definition) is 1. The van der Waals surface area contributed by atoms with Gasteiger partial charge in [0.05, 0.1) is 12.2 Å². The van der Waals surface area contributed by atoms with Crippen LogP contribution < -0.4 is 4.74 Å². The summed E-state index contributed by atoms with van der Waals surface area (Å²) < 4.78 is 33.2. The minimum absolute atomic E-state index is 0.106. The summed E-state index contributed by atoms with van der Waals surface area (Å²) in [6, 6.07) is 15.1. The molecule has 5 heteroatoms. The number of carboxylic acid groups (broad SMARTS) is 1. The van der Waals surface area contributed by atoms with E-state index >= 15 is 0 Å². The smallest absolute Gasteiger partial charge is 0.336 e. The zero-order chi connectivity index (χ0) is 21.5. The van der Waals surface area contributed by atoms with E-state index in [9.17, 15) is 18.7 Å². The van der Waals surface area contributed by atoms with Crippen molar-refractivity contribution in [2.24, 2.45) is 0 Å². The molecule has 0 aromatic heterocycles. The highest BCUT2D eigenvalue weighted by atomic mass is 19.1. The number of halogens is 2. The first kappa shape index (κ1) is 21.5. The van der Waals surface area contributed by atoms with Crippen molar-refractivity contribution < 1.29 is 23.4 Å². The van der Waals surface area contributed by atoms with Gasteiger partial charge in [-0.15, -0.1) is 0 Å². The Morgan fingerprint density at radius 3 is 2.27 bits per heavy atom. The maximum absolute atomic E-state index is 14.2. The van der Waals surface area contributed by atoms with Crippen molar-refractivity contribution >= 4 is 5.97 Å². The number of carboxylic acids is 1. The van der Waals surface area contributed by atoms with Crippen LogP contribution in [0, 0.1) is 11.6 Å². The Labute approximate surface area is 175 Å². The highest BCUT2D eigenvalue weighted by Crippen LogP contribution is 2.32. The first-order valence-electron chi connectivity index (χ1n) is 10.1. The number of unbranched alkanes of at least 4 members (excludes halogenated alkanes) is 3. The molecule has 0 atom stereocenters. The molecule has 0 radical (unpaired) electrons. The molecule has 3 rings (SSSR count). The minimum Gasteiger partial charge on any atom is -0.494 e. The third-order valence-electron chi connectivity index (χ3n) is 4.92. The topological polar surface area (TPSA) is 46.5 Å². The first-order valence-corrected chi connectivity index (χ1v) is 10.1. The third-order valence-corrected chi connectivity index (χ3v) is 4.92. The molecule has 0 aliphatic heterocycles. The molecule has 0 saturated heterocycles. The van der Waals surface area contributed by atoms with Gasteiger partial charge < -0.3 is 9.84 Å². The number of hydrogen-bond acceptors (Lipinski definition) is 2. The second kappa shape index (κ2) is 10.0. The van der Waals surface area contributed by atoms with Crippen molar-refractivity contribution in [2.75, 3.05) is 6.61 Å². The molecule has 0 spiro atoms. The first-order chi connectivity index (χ1) is 14.5. The molecule has 0 bridgehead atoms. The molecule has 0 amide bonds. The molecule has 0 aliphatic carbocycles. The Bertz CT molecular complexity index is 1010. The summed E-state index contributed by atoms with van der Waals surface area (Å²) in [7, 11) is 0. The molecule has 3 aromatic carbocycles. The van der Waals surface area contributed by atoms with Crippen LogP contribution >= 0.6 is 0 Å². The molecule has 0 aliphatic rings. The Hall–Kier alpha value is -3.21. The van der Waals surface area contributed by atoms with E-state index in [4.69, 9.17) is 4.74 Å². The van der Waals surface area contributed by atoms with E-state index in [0.29, 0.717) is 29.0 Å². The number of rotatable bonds is 9. The average molecular weight is 410 g/mol. The van der Waals surface area contributed by atoms with Crippen molar-refractivity contribution in [3.8, 4) is 28.0 Å². The molecular formula is C25H24F2O3. The van der Waals surface area contributed by atoms with Gasteiger partial charge in [0, 0.05) is 11.6 Å². The van der Waals surface area contributed by atoms with Crippen LogP contribution in [0.2, 0.25) is 0 Å². The highest BCUT2D eigenvalue weighted by molar-refractivity contribution is 5.97. The fraction of sp³-hybridized carbons (Fsp3) is 0.240. The van der Waals surface area contributed by atoms with Crippen molar-refractivity contribution in [1.29, 1.82) is 0 Å². The van der Waals surface area contributed by atoms with E-state index in [1.165, 1.54) is 37.1 Å². The van der Waals surface area contributed by atoms with Crippen LogP contribution in [0.3, 0.4) is 0 Å². The van der Waals surface area contributed by atoms with Gasteiger partial charge in [0.15, 0.2) is 0 Å². The van der Waals surface area contributed by atoms with E-state index in [1.54, 1.807) is 30.3 Å². The minimum atomic E-state index is -1.08. The SMILES string of the molecule is CCCCCCOc1ccc(-c2cc(-c3ccc(F)cc3F)ccc2C(=O)O)cc1. The molecule has 0 heterocycles. The van der Waals surface area contributed by atoms with Gasteiger partial charge in [-0.1, -0.05) is 44.4 Å². The zero-order valence-electron chi connectivity index (χ0n) is 16.8. The summed E-state index contributed by atoms with van der Waals surface area (Å²) in [6.45, 7) is 2.80. The third kappa shape index (κ3) is 5.23. The molecule has 3 aromatic rings. The number of carbonyl (C=O) groups is 1. The van der Waals surface area contributed by atoms with Crippen LogP contribution in [0.1, 0.15) is 43.0 Å². The number of benzene rings is 3. The van der Waals surface area contributed by atoms with Crippen molar-refractivity contribution in [3.63, 3.8) is 0 Å². The molecule has 0 unspecified atom stereocenters. The summed E-state index contributed by atoms with van der Waals surface area (Å²) in [5.41, 5.74) is 1.92. The summed E-state index contributed by atoms with van der Waals surface area (Å²) in [5.74, 6) is -1.72. The maximum atomic E-state index is 14.2. The molecule has 30 heavy (non-hydrogen) atoms. The van der Waals surface area contributed by atoms with Crippen molar-refractivity contribution in [2.45, 2.75) is 32.6 Å². The van der Waals surface area contributed by atoms with Crippen molar-refractivity contribution in [3.05, 3.63) is 77.9 Å². The molecule has 156 valence electrons. The van der Waals surface area contributed by atoms with Gasteiger partial charge in [-0.2, -0.15) is 0 Å². The van der Waals surface area contributed by atoms with Crippen LogP contribution in [0.25, 0.3) is 22.3 Å². The van der Waals surface area contributed by atoms with Gasteiger partial charge in [-0.05, 0) is 59.5 Å². The van der Waals surface area contributed by atoms with Crippen molar-refractivity contribution in [1.82, 2.24) is 0 Å². The Balaban J connectivity index is 1.87. The van der Waals surface area contributed by atoms with Gasteiger partial charge >= 0.3 is 5.97 Å². The Morgan fingerprint density at radius 2 is 1.60 bits per heavy atom. The normalized spacial score (nSPS) is 10.8. The van der Waals surface area contributed by atoms with E-state index in [2.05, 4.69) is 6.92 Å². The lowest BCUT2D eigenvalue weighted by Gasteiger charge is -2.12. The fourth-order valence-electron chi connectivity index (χ4n) is 3.31. The van der Waals surface area contributed by atoms with Crippen LogP contribution in [0.5, 0.6) is 5.75 Å². The summed E-state index contributed by atoms with van der Waals surface area (Å²) in [5, 5.41) is 9.57. The molecule has 0 fully saturated rings. The monoisotopic (exact) mass is 410 g/mol. The average Bonchev–Trinajstić information content (AvgIpc) is 2.73. The number of ether oxygens (including phenoxy) is 1. The lowest BCUT2D eigenvalue weighted by atomic mass is 9.94. The Morgan fingerprint density at radius 1 is 0.867 bits per heavy atom. The van der Waals surface area contributed by atoms with Gasteiger partial charge in [0.25, 0.3) is 0 Å². The van der Waals surface area contributed by atoms with E-state index in [-0.39, 0.29) is 11.1 Å². The molecule has 3 nitrogen and oxygen atoms in total. The molecule has 0 saturated carbocycles. The summed E-state index contributed by atoms with van der Waals surface area (Å²) >= 11 is 0. The molecular weight excluding hydrogens is 386 g/mol. The predicted molar refractivity (Wildman–Crippen MR) is 114 cm³/mol. The van der Waals surface area contributed by atoms with Gasteiger partial charge in [-0.25, -0.2) is 13.6 Å².